The lowest BCUT2D eigenvalue weighted by Crippen LogP contribution is -2.36. The Balaban J connectivity index is 1.79. The predicted octanol–water partition coefficient (Wildman–Crippen LogP) is -0.212. The maximum atomic E-state index is 13.3. The van der Waals surface area contributed by atoms with Crippen LogP contribution in [0.3, 0.4) is 0 Å². The number of β-amino-alcohol motifs (C(OH)–C–C–N with tert-alkyl or cyclic N) is 2. The van der Waals surface area contributed by atoms with E-state index in [2.05, 4.69) is 5.32 Å². The quantitative estimate of drug-likeness (QED) is 0.714. The van der Waals surface area contributed by atoms with Gasteiger partial charge in [-0.2, -0.15) is 0 Å². The van der Waals surface area contributed by atoms with Crippen molar-refractivity contribution in [3.63, 3.8) is 0 Å². The number of carbonyl (C=O) groups excluding carboxylic acids is 1. The standard InChI is InChI=1S/C14H19FN2O3/c1-9-2-3-10(4-11(9)15)5-16-14(20)8-17-6-12(18)13(19)7-17/h2-4,12-13,18-19H,5-8H2,1H3,(H,16,20)/t12-,13+. The van der Waals surface area contributed by atoms with Gasteiger partial charge in [0.2, 0.25) is 5.91 Å². The molecule has 1 aromatic carbocycles. The summed E-state index contributed by atoms with van der Waals surface area (Å²) in [5.41, 5.74) is 1.27. The van der Waals surface area contributed by atoms with E-state index in [1.807, 2.05) is 0 Å². The summed E-state index contributed by atoms with van der Waals surface area (Å²) in [6, 6.07) is 4.84. The van der Waals surface area contributed by atoms with Crippen molar-refractivity contribution in [2.75, 3.05) is 19.6 Å². The third-order valence-electron chi connectivity index (χ3n) is 3.43. The van der Waals surface area contributed by atoms with Crippen LogP contribution in [0.25, 0.3) is 0 Å². The molecule has 1 heterocycles. The van der Waals surface area contributed by atoms with Gasteiger partial charge in [-0.15, -0.1) is 0 Å². The lowest BCUT2D eigenvalue weighted by atomic mass is 10.1. The van der Waals surface area contributed by atoms with E-state index < -0.39 is 12.2 Å². The number of aliphatic hydroxyl groups excluding tert-OH is 2. The molecule has 0 bridgehead atoms. The molecular formula is C14H19FN2O3. The Morgan fingerprint density at radius 3 is 2.65 bits per heavy atom. The van der Waals surface area contributed by atoms with Gasteiger partial charge < -0.3 is 15.5 Å². The summed E-state index contributed by atoms with van der Waals surface area (Å²) in [5.74, 6) is -0.505. The highest BCUT2D eigenvalue weighted by molar-refractivity contribution is 5.78. The summed E-state index contributed by atoms with van der Waals surface area (Å²) in [4.78, 5) is 13.4. The molecule has 2 rings (SSSR count). The zero-order chi connectivity index (χ0) is 14.7. The molecule has 5 nitrogen and oxygen atoms in total. The van der Waals surface area contributed by atoms with Crippen LogP contribution in [-0.4, -0.2) is 52.9 Å². The molecule has 0 spiro atoms. The maximum absolute atomic E-state index is 13.3. The molecule has 1 aliphatic rings. The van der Waals surface area contributed by atoms with E-state index in [0.29, 0.717) is 11.1 Å². The van der Waals surface area contributed by atoms with Crippen molar-refractivity contribution in [3.05, 3.63) is 35.1 Å². The van der Waals surface area contributed by atoms with Crippen LogP contribution in [0, 0.1) is 12.7 Å². The molecule has 1 amide bonds. The van der Waals surface area contributed by atoms with Crippen molar-refractivity contribution in [3.8, 4) is 0 Å². The maximum Gasteiger partial charge on any atom is 0.234 e. The second kappa shape index (κ2) is 6.30. The molecule has 0 saturated carbocycles. The van der Waals surface area contributed by atoms with E-state index in [-0.39, 0.29) is 37.9 Å². The Kier molecular flexibility index (Phi) is 4.69. The van der Waals surface area contributed by atoms with E-state index in [1.165, 1.54) is 6.07 Å². The van der Waals surface area contributed by atoms with E-state index >= 15 is 0 Å². The van der Waals surface area contributed by atoms with E-state index in [1.54, 1.807) is 24.0 Å². The van der Waals surface area contributed by atoms with Gasteiger partial charge in [-0.25, -0.2) is 4.39 Å². The zero-order valence-electron chi connectivity index (χ0n) is 11.3. The summed E-state index contributed by atoms with van der Waals surface area (Å²) in [7, 11) is 0. The first-order chi connectivity index (χ1) is 9.45. The molecule has 0 aromatic heterocycles. The van der Waals surface area contributed by atoms with Gasteiger partial charge in [0, 0.05) is 19.6 Å². The minimum atomic E-state index is -0.797. The molecule has 110 valence electrons. The molecule has 1 aromatic rings. The van der Waals surface area contributed by atoms with Gasteiger partial charge in [0.05, 0.1) is 18.8 Å². The van der Waals surface area contributed by atoms with Gasteiger partial charge in [-0.05, 0) is 24.1 Å². The van der Waals surface area contributed by atoms with Gasteiger partial charge in [0.1, 0.15) is 5.82 Å². The average Bonchev–Trinajstić information content (AvgIpc) is 2.70. The van der Waals surface area contributed by atoms with Crippen LogP contribution in [0.4, 0.5) is 4.39 Å². The molecule has 6 heteroatoms. The minimum absolute atomic E-state index is 0.114. The first kappa shape index (κ1) is 14.9. The van der Waals surface area contributed by atoms with Crippen LogP contribution >= 0.6 is 0 Å². The Morgan fingerprint density at radius 1 is 1.40 bits per heavy atom. The number of aryl methyl sites for hydroxylation is 1. The van der Waals surface area contributed by atoms with E-state index in [4.69, 9.17) is 0 Å². The van der Waals surface area contributed by atoms with Crippen LogP contribution in [0.15, 0.2) is 18.2 Å². The molecule has 3 N–H and O–H groups in total. The number of aliphatic hydroxyl groups is 2. The van der Waals surface area contributed by atoms with Crippen LogP contribution in [0.1, 0.15) is 11.1 Å². The normalized spacial score (nSPS) is 23.0. The Morgan fingerprint density at radius 2 is 2.05 bits per heavy atom. The van der Waals surface area contributed by atoms with Crippen molar-refractivity contribution in [1.29, 1.82) is 0 Å². The van der Waals surface area contributed by atoms with Crippen molar-refractivity contribution >= 4 is 5.91 Å². The number of hydrogen-bond donors (Lipinski definition) is 3. The number of rotatable bonds is 4. The van der Waals surface area contributed by atoms with Crippen molar-refractivity contribution in [2.45, 2.75) is 25.7 Å². The third-order valence-corrected chi connectivity index (χ3v) is 3.43. The molecule has 20 heavy (non-hydrogen) atoms. The number of benzene rings is 1. The largest absolute Gasteiger partial charge is 0.389 e. The lowest BCUT2D eigenvalue weighted by molar-refractivity contribution is -0.122. The molecule has 1 fully saturated rings. The van der Waals surface area contributed by atoms with Crippen LogP contribution in [0.2, 0.25) is 0 Å². The lowest BCUT2D eigenvalue weighted by Gasteiger charge is -2.14. The monoisotopic (exact) mass is 282 g/mol. The summed E-state index contributed by atoms with van der Waals surface area (Å²) in [6.45, 7) is 2.63. The second-order valence-corrected chi connectivity index (χ2v) is 5.19. The molecule has 0 radical (unpaired) electrons. The smallest absolute Gasteiger partial charge is 0.234 e. The van der Waals surface area contributed by atoms with Gasteiger partial charge in [0.15, 0.2) is 0 Å². The number of halogens is 1. The first-order valence-corrected chi connectivity index (χ1v) is 6.56. The summed E-state index contributed by atoms with van der Waals surface area (Å²) in [6.07, 6.45) is -1.59. The number of likely N-dealkylation sites (tertiary alicyclic amines) is 1. The first-order valence-electron chi connectivity index (χ1n) is 6.56. The Bertz CT molecular complexity index is 485. The molecule has 1 saturated heterocycles. The molecule has 2 atom stereocenters. The van der Waals surface area contributed by atoms with Crippen molar-refractivity contribution in [1.82, 2.24) is 10.2 Å². The number of nitrogens with one attached hydrogen (secondary N) is 1. The Labute approximate surface area is 117 Å². The third kappa shape index (κ3) is 3.75. The number of carbonyl (C=O) groups is 1. The van der Waals surface area contributed by atoms with Gasteiger partial charge in [-0.3, -0.25) is 9.69 Å². The second-order valence-electron chi connectivity index (χ2n) is 5.19. The number of hydrogen-bond acceptors (Lipinski definition) is 4. The van der Waals surface area contributed by atoms with Gasteiger partial charge in [-0.1, -0.05) is 12.1 Å². The van der Waals surface area contributed by atoms with Crippen molar-refractivity contribution < 1.29 is 19.4 Å². The fourth-order valence-corrected chi connectivity index (χ4v) is 2.18. The fourth-order valence-electron chi connectivity index (χ4n) is 2.18. The van der Waals surface area contributed by atoms with E-state index in [0.717, 1.165) is 0 Å². The summed E-state index contributed by atoms with van der Waals surface area (Å²) < 4.78 is 13.3. The molecule has 0 unspecified atom stereocenters. The van der Waals surface area contributed by atoms with Crippen LogP contribution in [0.5, 0.6) is 0 Å². The average molecular weight is 282 g/mol. The molecule has 1 aliphatic heterocycles. The SMILES string of the molecule is Cc1ccc(CNC(=O)CN2C[C@@H](O)[C@@H](O)C2)cc1F. The molecule has 0 aliphatic carbocycles. The Hall–Kier alpha value is -1.50. The fraction of sp³-hybridized carbons (Fsp3) is 0.500. The topological polar surface area (TPSA) is 72.8 Å². The van der Waals surface area contributed by atoms with Gasteiger partial charge >= 0.3 is 0 Å². The molecular weight excluding hydrogens is 263 g/mol. The van der Waals surface area contributed by atoms with Crippen molar-refractivity contribution in [2.24, 2.45) is 0 Å². The van der Waals surface area contributed by atoms with Gasteiger partial charge in [0.25, 0.3) is 0 Å². The number of nitrogens with zero attached hydrogens (tertiary/aromatic N) is 1. The highest BCUT2D eigenvalue weighted by Gasteiger charge is 2.30. The summed E-state index contributed by atoms with van der Waals surface area (Å²) >= 11 is 0. The highest BCUT2D eigenvalue weighted by Crippen LogP contribution is 2.10. The highest BCUT2D eigenvalue weighted by atomic mass is 19.1. The summed E-state index contributed by atoms with van der Waals surface area (Å²) in [5, 5.41) is 21.5. The van der Waals surface area contributed by atoms with E-state index in [9.17, 15) is 19.4 Å². The minimum Gasteiger partial charge on any atom is -0.389 e. The predicted molar refractivity (Wildman–Crippen MR) is 71.4 cm³/mol. The zero-order valence-corrected chi connectivity index (χ0v) is 11.3. The van der Waals surface area contributed by atoms with Crippen LogP contribution in [-0.2, 0) is 11.3 Å². The van der Waals surface area contributed by atoms with Crippen LogP contribution < -0.4 is 5.32 Å². The number of amides is 1.